The molecule has 4 rings (SSSR count). The first kappa shape index (κ1) is 20.5. The van der Waals surface area contributed by atoms with Crippen LogP contribution < -0.4 is 9.64 Å². The van der Waals surface area contributed by atoms with Crippen LogP contribution in [0.15, 0.2) is 36.2 Å². The molecular weight excluding hydrogens is 417 g/mol. The summed E-state index contributed by atoms with van der Waals surface area (Å²) >= 11 is 1.38. The average Bonchev–Trinajstić information content (AvgIpc) is 3.29. The molecule has 1 aliphatic rings. The maximum Gasteiger partial charge on any atom is 0.437 e. The summed E-state index contributed by atoms with van der Waals surface area (Å²) in [5.41, 5.74) is 1.28. The number of pyridine rings is 1. The summed E-state index contributed by atoms with van der Waals surface area (Å²) in [6.45, 7) is 3.19. The molecule has 3 aromatic rings. The normalized spacial score (nSPS) is 18.3. The first-order chi connectivity index (χ1) is 14.4. The third-order valence-electron chi connectivity index (χ3n) is 5.00. The second-order valence-electron chi connectivity index (χ2n) is 7.03. The van der Waals surface area contributed by atoms with E-state index in [1.165, 1.54) is 23.5 Å². The van der Waals surface area contributed by atoms with Gasteiger partial charge in [-0.15, -0.1) is 10.2 Å². The third kappa shape index (κ3) is 4.50. The van der Waals surface area contributed by atoms with E-state index in [2.05, 4.69) is 30.0 Å². The Labute approximate surface area is 175 Å². The molecule has 0 bridgehead atoms. The minimum atomic E-state index is -4.56. The summed E-state index contributed by atoms with van der Waals surface area (Å²) in [4.78, 5) is 14.4. The van der Waals surface area contributed by atoms with E-state index >= 15 is 0 Å². The van der Waals surface area contributed by atoms with Crippen LogP contribution >= 0.6 is 11.3 Å². The minimum absolute atomic E-state index is 0.0343. The molecule has 1 unspecified atom stereocenters. The van der Waals surface area contributed by atoms with Crippen LogP contribution in [0, 0.1) is 5.92 Å². The number of halogens is 3. The van der Waals surface area contributed by atoms with Crippen molar-refractivity contribution in [2.75, 3.05) is 18.0 Å². The summed E-state index contributed by atoms with van der Waals surface area (Å²) in [7, 11) is 0. The van der Waals surface area contributed by atoms with Crippen LogP contribution in [0.4, 0.5) is 19.0 Å². The van der Waals surface area contributed by atoms with Crippen LogP contribution in [-0.2, 0) is 6.18 Å². The van der Waals surface area contributed by atoms with E-state index < -0.39 is 18.0 Å². The quantitative estimate of drug-likeness (QED) is 0.596. The zero-order valence-corrected chi connectivity index (χ0v) is 16.9. The summed E-state index contributed by atoms with van der Waals surface area (Å²) in [6.07, 6.45) is 1.18. The number of hydrogen-bond acceptors (Lipinski definition) is 8. The maximum atomic E-state index is 13.2. The van der Waals surface area contributed by atoms with Gasteiger partial charge in [-0.1, -0.05) is 11.3 Å². The third-order valence-corrected chi connectivity index (χ3v) is 5.71. The van der Waals surface area contributed by atoms with Gasteiger partial charge in [0.05, 0.1) is 12.4 Å². The molecule has 30 heavy (non-hydrogen) atoms. The number of ether oxygens (including phenoxy) is 1. The van der Waals surface area contributed by atoms with Crippen molar-refractivity contribution in [2.45, 2.75) is 32.0 Å². The lowest BCUT2D eigenvalue weighted by atomic mass is 9.93. The van der Waals surface area contributed by atoms with Crippen molar-refractivity contribution >= 4 is 17.2 Å². The molecule has 4 heterocycles. The molecular formula is C19H19F3N6OS. The Hall–Kier alpha value is -2.82. The number of piperidine rings is 1. The summed E-state index contributed by atoms with van der Waals surface area (Å²) in [5.74, 6) is 0.497. The highest BCUT2D eigenvalue weighted by Gasteiger charge is 2.37. The molecule has 0 aliphatic carbocycles. The first-order valence-corrected chi connectivity index (χ1v) is 10.3. The predicted octanol–water partition coefficient (Wildman–Crippen LogP) is 4.09. The lowest BCUT2D eigenvalue weighted by Crippen LogP contribution is -2.42. The zero-order valence-electron chi connectivity index (χ0n) is 16.1. The summed E-state index contributed by atoms with van der Waals surface area (Å²) in [6, 6.07) is 2.75. The number of rotatable bonds is 5. The van der Waals surface area contributed by atoms with Gasteiger partial charge in [-0.25, -0.2) is 9.97 Å². The Morgan fingerprint density at radius 3 is 2.93 bits per heavy atom. The summed E-state index contributed by atoms with van der Waals surface area (Å²) in [5, 5.41) is 8.53. The Balaban J connectivity index is 1.48. The Bertz CT molecular complexity index is 984. The van der Waals surface area contributed by atoms with E-state index in [-0.39, 0.29) is 11.7 Å². The molecule has 11 heteroatoms. The van der Waals surface area contributed by atoms with Crippen LogP contribution in [0.25, 0.3) is 10.7 Å². The van der Waals surface area contributed by atoms with Gasteiger partial charge in [0.25, 0.3) is 0 Å². The maximum absolute atomic E-state index is 13.2. The van der Waals surface area contributed by atoms with Crippen LogP contribution in [0.1, 0.15) is 25.5 Å². The second-order valence-corrected chi connectivity index (χ2v) is 7.86. The lowest BCUT2D eigenvalue weighted by molar-refractivity contribution is -0.143. The Morgan fingerprint density at radius 2 is 2.17 bits per heavy atom. The van der Waals surface area contributed by atoms with E-state index in [0.29, 0.717) is 23.1 Å². The van der Waals surface area contributed by atoms with Gasteiger partial charge in [-0.05, 0) is 31.9 Å². The van der Waals surface area contributed by atoms with E-state index in [1.807, 2.05) is 0 Å². The standard InChI is InChI=1S/C19H19F3N6OS/c1-12(29-15-5-2-6-24-17(15)19(20,21)22)13-4-3-7-28(10-13)16-9-23-8-14(26-16)18-27-25-11-30-18/h2,5-6,8-9,11-13H,3-4,7,10H2,1H3/t12-,13?/m0/s1. The van der Waals surface area contributed by atoms with E-state index in [9.17, 15) is 13.2 Å². The lowest BCUT2D eigenvalue weighted by Gasteiger charge is -2.36. The SMILES string of the molecule is C[C@H](Oc1cccnc1C(F)(F)F)C1CCCN(c2cncc(-c3nncs3)n2)C1. The monoisotopic (exact) mass is 436 g/mol. The number of aromatic nitrogens is 5. The fourth-order valence-electron chi connectivity index (χ4n) is 3.49. The fourth-order valence-corrected chi connectivity index (χ4v) is 4.00. The van der Waals surface area contributed by atoms with Gasteiger partial charge in [-0.2, -0.15) is 13.2 Å². The smallest absolute Gasteiger partial charge is 0.437 e. The summed E-state index contributed by atoms with van der Waals surface area (Å²) < 4.78 is 45.3. The molecule has 7 nitrogen and oxygen atoms in total. The van der Waals surface area contributed by atoms with E-state index in [4.69, 9.17) is 4.74 Å². The molecule has 0 spiro atoms. The van der Waals surface area contributed by atoms with Crippen LogP contribution in [0.5, 0.6) is 5.75 Å². The molecule has 0 radical (unpaired) electrons. The van der Waals surface area contributed by atoms with Crippen molar-refractivity contribution in [3.05, 3.63) is 41.9 Å². The number of alkyl halides is 3. The van der Waals surface area contributed by atoms with Crippen molar-refractivity contribution in [2.24, 2.45) is 5.92 Å². The van der Waals surface area contributed by atoms with E-state index in [1.54, 1.807) is 24.8 Å². The van der Waals surface area contributed by atoms with Crippen molar-refractivity contribution < 1.29 is 17.9 Å². The average molecular weight is 436 g/mol. The number of nitrogens with zero attached hydrogens (tertiary/aromatic N) is 6. The molecule has 0 amide bonds. The highest BCUT2D eigenvalue weighted by atomic mass is 32.1. The second kappa shape index (κ2) is 8.50. The fraction of sp³-hybridized carbons (Fsp3) is 0.421. The largest absolute Gasteiger partial charge is 0.488 e. The molecule has 0 saturated carbocycles. The van der Waals surface area contributed by atoms with E-state index in [0.717, 1.165) is 25.6 Å². The Morgan fingerprint density at radius 1 is 1.30 bits per heavy atom. The number of anilines is 1. The van der Waals surface area contributed by atoms with Crippen molar-refractivity contribution in [3.63, 3.8) is 0 Å². The predicted molar refractivity (Wildman–Crippen MR) is 105 cm³/mol. The minimum Gasteiger partial charge on any atom is -0.488 e. The van der Waals surface area contributed by atoms with Crippen molar-refractivity contribution in [1.82, 2.24) is 25.1 Å². The van der Waals surface area contributed by atoms with Gasteiger partial charge >= 0.3 is 6.18 Å². The number of hydrogen-bond donors (Lipinski definition) is 0. The molecule has 2 atom stereocenters. The highest BCUT2D eigenvalue weighted by molar-refractivity contribution is 7.12. The molecule has 1 saturated heterocycles. The van der Waals surface area contributed by atoms with Gasteiger partial charge in [0.15, 0.2) is 16.5 Å². The van der Waals surface area contributed by atoms with Gasteiger partial charge in [0, 0.05) is 25.2 Å². The first-order valence-electron chi connectivity index (χ1n) is 9.44. The topological polar surface area (TPSA) is 76.9 Å². The molecule has 0 aromatic carbocycles. The van der Waals surface area contributed by atoms with Gasteiger partial charge in [0.1, 0.15) is 23.1 Å². The molecule has 158 valence electrons. The molecule has 1 fully saturated rings. The van der Waals surface area contributed by atoms with Crippen LogP contribution in [0.3, 0.4) is 0 Å². The molecule has 0 N–H and O–H groups in total. The van der Waals surface area contributed by atoms with Crippen LogP contribution in [-0.4, -0.2) is 44.3 Å². The van der Waals surface area contributed by atoms with Gasteiger partial charge in [-0.3, -0.25) is 4.98 Å². The zero-order chi connectivity index (χ0) is 21.1. The Kier molecular flexibility index (Phi) is 5.80. The highest BCUT2D eigenvalue weighted by Crippen LogP contribution is 2.36. The molecule has 3 aromatic heterocycles. The van der Waals surface area contributed by atoms with Gasteiger partial charge in [0.2, 0.25) is 0 Å². The molecule has 1 aliphatic heterocycles. The van der Waals surface area contributed by atoms with Gasteiger partial charge < -0.3 is 9.64 Å². The van der Waals surface area contributed by atoms with Crippen molar-refractivity contribution in [3.8, 4) is 16.5 Å². The van der Waals surface area contributed by atoms with Crippen molar-refractivity contribution in [1.29, 1.82) is 0 Å². The van der Waals surface area contributed by atoms with Crippen LogP contribution in [0.2, 0.25) is 0 Å².